The van der Waals surface area contributed by atoms with Crippen molar-refractivity contribution in [1.29, 1.82) is 0 Å². The molecule has 1 N–H and O–H groups in total. The van der Waals surface area contributed by atoms with E-state index in [1.54, 1.807) is 24.3 Å². The average Bonchev–Trinajstić information content (AvgIpc) is 2.95. The third kappa shape index (κ3) is 3.75. The number of amides is 1. The molecule has 1 saturated heterocycles. The second kappa shape index (κ2) is 7.34. The van der Waals surface area contributed by atoms with Crippen LogP contribution in [0.15, 0.2) is 36.4 Å². The number of anilines is 2. The SMILES string of the molecule is COc1ccc(Cl)cc1C(=O)Nc1ccc(N2CCCS2(=O)=O)cc1Cl. The van der Waals surface area contributed by atoms with Crippen molar-refractivity contribution < 1.29 is 17.9 Å². The van der Waals surface area contributed by atoms with E-state index in [0.717, 1.165) is 0 Å². The second-order valence-electron chi connectivity index (χ2n) is 5.70. The summed E-state index contributed by atoms with van der Waals surface area (Å²) in [7, 11) is -1.84. The summed E-state index contributed by atoms with van der Waals surface area (Å²) in [6.45, 7) is 0.421. The first-order valence-corrected chi connectivity index (χ1v) is 10.1. The van der Waals surface area contributed by atoms with Gasteiger partial charge in [-0.05, 0) is 42.8 Å². The maximum absolute atomic E-state index is 12.5. The summed E-state index contributed by atoms with van der Waals surface area (Å²) in [4.78, 5) is 12.5. The van der Waals surface area contributed by atoms with Crippen LogP contribution in [0, 0.1) is 0 Å². The average molecular weight is 415 g/mol. The van der Waals surface area contributed by atoms with E-state index >= 15 is 0 Å². The predicted molar refractivity (Wildman–Crippen MR) is 103 cm³/mol. The monoisotopic (exact) mass is 414 g/mol. The zero-order valence-electron chi connectivity index (χ0n) is 13.8. The summed E-state index contributed by atoms with van der Waals surface area (Å²) in [5.41, 5.74) is 1.10. The van der Waals surface area contributed by atoms with Gasteiger partial charge in [0.15, 0.2) is 0 Å². The summed E-state index contributed by atoms with van der Waals surface area (Å²) in [5, 5.41) is 3.32. The van der Waals surface area contributed by atoms with E-state index < -0.39 is 15.9 Å². The van der Waals surface area contributed by atoms with Gasteiger partial charge in [0.2, 0.25) is 10.0 Å². The molecule has 1 aliphatic heterocycles. The molecule has 9 heteroatoms. The van der Waals surface area contributed by atoms with Crippen LogP contribution < -0.4 is 14.4 Å². The molecular formula is C17H16Cl2N2O4S. The highest BCUT2D eigenvalue weighted by Crippen LogP contribution is 2.32. The topological polar surface area (TPSA) is 75.7 Å². The van der Waals surface area contributed by atoms with Crippen molar-refractivity contribution in [2.75, 3.05) is 29.0 Å². The fourth-order valence-electron chi connectivity index (χ4n) is 2.74. The molecule has 0 aliphatic carbocycles. The fourth-order valence-corrected chi connectivity index (χ4v) is 4.69. The molecule has 138 valence electrons. The molecule has 0 radical (unpaired) electrons. The lowest BCUT2D eigenvalue weighted by Gasteiger charge is -2.18. The van der Waals surface area contributed by atoms with Crippen molar-refractivity contribution in [3.63, 3.8) is 0 Å². The fraction of sp³-hybridized carbons (Fsp3) is 0.235. The summed E-state index contributed by atoms with van der Waals surface area (Å²) < 4.78 is 30.5. The number of rotatable bonds is 4. The minimum atomic E-state index is -3.29. The van der Waals surface area contributed by atoms with Gasteiger partial charge in [0, 0.05) is 11.6 Å². The number of nitrogens with one attached hydrogen (secondary N) is 1. The normalized spacial score (nSPS) is 15.7. The molecule has 0 unspecified atom stereocenters. The van der Waals surface area contributed by atoms with Gasteiger partial charge in [0.1, 0.15) is 5.75 Å². The molecule has 0 atom stereocenters. The van der Waals surface area contributed by atoms with Gasteiger partial charge >= 0.3 is 0 Å². The highest BCUT2D eigenvalue weighted by molar-refractivity contribution is 7.93. The minimum Gasteiger partial charge on any atom is -0.496 e. The Morgan fingerprint density at radius 1 is 1.19 bits per heavy atom. The zero-order chi connectivity index (χ0) is 18.9. The van der Waals surface area contributed by atoms with Crippen LogP contribution in [0.1, 0.15) is 16.8 Å². The summed E-state index contributed by atoms with van der Waals surface area (Å²) in [5.74, 6) is 0.0631. The van der Waals surface area contributed by atoms with E-state index in [9.17, 15) is 13.2 Å². The first kappa shape index (κ1) is 18.8. The van der Waals surface area contributed by atoms with Gasteiger partial charge < -0.3 is 10.1 Å². The predicted octanol–water partition coefficient (Wildman–Crippen LogP) is 3.79. The van der Waals surface area contributed by atoms with Crippen molar-refractivity contribution in [3.05, 3.63) is 52.0 Å². The maximum atomic E-state index is 12.5. The molecule has 2 aromatic rings. The van der Waals surface area contributed by atoms with Crippen LogP contribution >= 0.6 is 23.2 Å². The van der Waals surface area contributed by atoms with Crippen molar-refractivity contribution in [1.82, 2.24) is 0 Å². The zero-order valence-corrected chi connectivity index (χ0v) is 16.2. The molecule has 1 fully saturated rings. The molecule has 0 saturated carbocycles. The molecule has 2 aromatic carbocycles. The lowest BCUT2D eigenvalue weighted by molar-refractivity contribution is 0.102. The first-order chi connectivity index (χ1) is 12.3. The van der Waals surface area contributed by atoms with Crippen LogP contribution in [0.2, 0.25) is 10.0 Å². The van der Waals surface area contributed by atoms with Gasteiger partial charge in [-0.15, -0.1) is 0 Å². The van der Waals surface area contributed by atoms with Gasteiger partial charge in [-0.3, -0.25) is 9.10 Å². The number of ether oxygens (including phenoxy) is 1. The van der Waals surface area contributed by atoms with Crippen molar-refractivity contribution in [2.24, 2.45) is 0 Å². The lowest BCUT2D eigenvalue weighted by Crippen LogP contribution is -2.25. The molecule has 0 aromatic heterocycles. The Kier molecular flexibility index (Phi) is 5.32. The van der Waals surface area contributed by atoms with Gasteiger partial charge in [0.05, 0.1) is 34.8 Å². The van der Waals surface area contributed by atoms with Gasteiger partial charge in [-0.2, -0.15) is 0 Å². The number of sulfonamides is 1. The van der Waals surface area contributed by atoms with E-state index in [1.807, 2.05) is 0 Å². The minimum absolute atomic E-state index is 0.123. The Hall–Kier alpha value is -1.96. The van der Waals surface area contributed by atoms with E-state index in [4.69, 9.17) is 27.9 Å². The lowest BCUT2D eigenvalue weighted by atomic mass is 10.1. The van der Waals surface area contributed by atoms with E-state index in [2.05, 4.69) is 5.32 Å². The Balaban J connectivity index is 1.85. The highest BCUT2D eigenvalue weighted by atomic mass is 35.5. The van der Waals surface area contributed by atoms with Crippen molar-refractivity contribution in [3.8, 4) is 5.75 Å². The summed E-state index contributed by atoms with van der Waals surface area (Å²) in [6.07, 6.45) is 0.576. The van der Waals surface area contributed by atoms with Crippen LogP contribution in [-0.2, 0) is 10.0 Å². The van der Waals surface area contributed by atoms with Gasteiger partial charge in [-0.1, -0.05) is 23.2 Å². The van der Waals surface area contributed by atoms with Gasteiger partial charge in [-0.25, -0.2) is 8.42 Å². The molecule has 3 rings (SSSR count). The smallest absolute Gasteiger partial charge is 0.259 e. The van der Waals surface area contributed by atoms with Crippen LogP contribution in [0.25, 0.3) is 0 Å². The number of carbonyl (C=O) groups excluding carboxylic acids is 1. The highest BCUT2D eigenvalue weighted by Gasteiger charge is 2.28. The Bertz CT molecular complexity index is 963. The number of methoxy groups -OCH3 is 1. The number of hydrogen-bond acceptors (Lipinski definition) is 4. The third-order valence-corrected chi connectivity index (χ3v) is 6.41. The molecule has 26 heavy (non-hydrogen) atoms. The van der Waals surface area contributed by atoms with Crippen LogP contribution in [0.5, 0.6) is 5.75 Å². The molecule has 6 nitrogen and oxygen atoms in total. The standard InChI is InChI=1S/C17H16Cl2N2O4S/c1-25-16-6-3-11(18)9-13(16)17(22)20-15-5-4-12(10-14(15)19)21-7-2-8-26(21,23)24/h3-6,9-10H,2,7-8H2,1H3,(H,20,22). The Morgan fingerprint density at radius 2 is 1.96 bits per heavy atom. The van der Waals surface area contributed by atoms with E-state index in [0.29, 0.717) is 35.1 Å². The number of halogens is 2. The third-order valence-electron chi connectivity index (χ3n) is 3.99. The molecule has 1 aliphatic rings. The second-order valence-corrected chi connectivity index (χ2v) is 8.56. The first-order valence-electron chi connectivity index (χ1n) is 7.76. The summed E-state index contributed by atoms with van der Waals surface area (Å²) in [6, 6.07) is 9.42. The van der Waals surface area contributed by atoms with Crippen LogP contribution in [0.3, 0.4) is 0 Å². The van der Waals surface area contributed by atoms with E-state index in [-0.39, 0.29) is 16.3 Å². The molecule has 1 amide bonds. The van der Waals surface area contributed by atoms with Crippen molar-refractivity contribution in [2.45, 2.75) is 6.42 Å². The number of hydrogen-bond donors (Lipinski definition) is 1. The Morgan fingerprint density at radius 3 is 2.58 bits per heavy atom. The molecule has 0 spiro atoms. The molecular weight excluding hydrogens is 399 g/mol. The number of benzene rings is 2. The maximum Gasteiger partial charge on any atom is 0.259 e. The quantitative estimate of drug-likeness (QED) is 0.825. The van der Waals surface area contributed by atoms with E-state index in [1.165, 1.54) is 23.5 Å². The number of nitrogens with zero attached hydrogens (tertiary/aromatic N) is 1. The summed E-state index contributed by atoms with van der Waals surface area (Å²) >= 11 is 12.2. The largest absolute Gasteiger partial charge is 0.496 e. The molecule has 0 bridgehead atoms. The number of carbonyl (C=O) groups is 1. The Labute approximate surface area is 161 Å². The van der Waals surface area contributed by atoms with Gasteiger partial charge in [0.25, 0.3) is 5.91 Å². The molecule has 1 heterocycles. The van der Waals surface area contributed by atoms with Crippen LogP contribution in [-0.4, -0.2) is 33.7 Å². The van der Waals surface area contributed by atoms with Crippen LogP contribution in [0.4, 0.5) is 11.4 Å². The van der Waals surface area contributed by atoms with Crippen molar-refractivity contribution >= 4 is 50.5 Å².